The number of carbonyl (C=O) groups is 1. The van der Waals surface area contributed by atoms with Crippen molar-refractivity contribution < 1.29 is 13.2 Å². The molecule has 0 radical (unpaired) electrons. The average Bonchev–Trinajstić information content (AvgIpc) is 2.61. The third kappa shape index (κ3) is 3.46. The van der Waals surface area contributed by atoms with Gasteiger partial charge in [0.05, 0.1) is 4.90 Å². The average molecular weight is 355 g/mol. The minimum atomic E-state index is -3.75. The summed E-state index contributed by atoms with van der Waals surface area (Å²) in [6.45, 7) is 1.46. The van der Waals surface area contributed by atoms with Crippen LogP contribution < -0.4 is 9.62 Å². The summed E-state index contributed by atoms with van der Waals surface area (Å²) in [5, 5.41) is 1.36. The molecule has 25 heavy (non-hydrogen) atoms. The molecular weight excluding hydrogens is 338 g/mol. The van der Waals surface area contributed by atoms with Crippen LogP contribution in [-0.4, -0.2) is 26.4 Å². The second kappa shape index (κ2) is 6.52. The van der Waals surface area contributed by atoms with Gasteiger partial charge in [-0.1, -0.05) is 12.1 Å². The lowest BCUT2D eigenvalue weighted by molar-refractivity contribution is -0.116. The summed E-state index contributed by atoms with van der Waals surface area (Å²) >= 11 is 0. The standard InChI is InChI=1S/C18H17N3O3S/c1-13(22)21(2)16-8-6-15(7-9-16)20-25(23,24)18-5-3-4-14-12-19-11-10-17(14)18/h3-12,20H,1-2H3. The lowest BCUT2D eigenvalue weighted by Crippen LogP contribution is -2.22. The molecule has 7 heteroatoms. The van der Waals surface area contributed by atoms with Crippen molar-refractivity contribution in [3.63, 3.8) is 0 Å². The predicted molar refractivity (Wildman–Crippen MR) is 98.1 cm³/mol. The molecule has 1 aromatic heterocycles. The van der Waals surface area contributed by atoms with E-state index in [-0.39, 0.29) is 10.8 Å². The molecular formula is C18H17N3O3S. The van der Waals surface area contributed by atoms with Crippen LogP contribution in [0.2, 0.25) is 0 Å². The van der Waals surface area contributed by atoms with E-state index in [0.717, 1.165) is 5.39 Å². The van der Waals surface area contributed by atoms with Crippen molar-refractivity contribution in [2.24, 2.45) is 0 Å². The van der Waals surface area contributed by atoms with Crippen LogP contribution >= 0.6 is 0 Å². The molecule has 6 nitrogen and oxygen atoms in total. The Bertz CT molecular complexity index is 1030. The lowest BCUT2D eigenvalue weighted by atomic mass is 10.2. The highest BCUT2D eigenvalue weighted by molar-refractivity contribution is 7.93. The number of carbonyl (C=O) groups excluding carboxylic acids is 1. The molecule has 0 atom stereocenters. The summed E-state index contributed by atoms with van der Waals surface area (Å²) in [5.41, 5.74) is 1.11. The molecule has 0 saturated carbocycles. The zero-order valence-electron chi connectivity index (χ0n) is 13.8. The summed E-state index contributed by atoms with van der Waals surface area (Å²) < 4.78 is 28.1. The molecule has 0 aliphatic carbocycles. The van der Waals surface area contributed by atoms with Gasteiger partial charge in [-0.2, -0.15) is 0 Å². The van der Waals surface area contributed by atoms with Crippen LogP contribution in [0, 0.1) is 0 Å². The van der Waals surface area contributed by atoms with Gasteiger partial charge >= 0.3 is 0 Å². The zero-order valence-corrected chi connectivity index (χ0v) is 14.6. The molecule has 3 aromatic rings. The second-order valence-electron chi connectivity index (χ2n) is 5.58. The molecule has 3 rings (SSSR count). The van der Waals surface area contributed by atoms with Crippen LogP contribution in [0.1, 0.15) is 6.92 Å². The first-order valence-corrected chi connectivity index (χ1v) is 9.07. The number of hydrogen-bond donors (Lipinski definition) is 1. The summed E-state index contributed by atoms with van der Waals surface area (Å²) in [6, 6.07) is 13.4. The summed E-state index contributed by atoms with van der Waals surface area (Å²) in [6.07, 6.45) is 3.19. The van der Waals surface area contributed by atoms with Gasteiger partial charge in [0.2, 0.25) is 5.91 Å². The normalized spacial score (nSPS) is 11.3. The van der Waals surface area contributed by atoms with Crippen LogP contribution in [0.5, 0.6) is 0 Å². The van der Waals surface area contributed by atoms with Crippen molar-refractivity contribution in [2.75, 3.05) is 16.7 Å². The Labute approximate surface area is 146 Å². The van der Waals surface area contributed by atoms with E-state index in [1.54, 1.807) is 61.9 Å². The molecule has 0 bridgehead atoms. The highest BCUT2D eigenvalue weighted by Gasteiger charge is 2.17. The number of pyridine rings is 1. The van der Waals surface area contributed by atoms with Crippen LogP contribution in [0.25, 0.3) is 10.8 Å². The van der Waals surface area contributed by atoms with Gasteiger partial charge < -0.3 is 4.90 Å². The van der Waals surface area contributed by atoms with E-state index in [0.29, 0.717) is 16.8 Å². The number of aromatic nitrogens is 1. The van der Waals surface area contributed by atoms with Crippen molar-refractivity contribution in [3.05, 3.63) is 60.9 Å². The van der Waals surface area contributed by atoms with E-state index in [2.05, 4.69) is 9.71 Å². The number of anilines is 2. The Hall–Kier alpha value is -2.93. The predicted octanol–water partition coefficient (Wildman–Crippen LogP) is 3.02. The smallest absolute Gasteiger partial charge is 0.262 e. The minimum absolute atomic E-state index is 0.0994. The number of rotatable bonds is 4. The minimum Gasteiger partial charge on any atom is -0.316 e. The second-order valence-corrected chi connectivity index (χ2v) is 7.23. The molecule has 0 unspecified atom stereocenters. The van der Waals surface area contributed by atoms with Crippen molar-refractivity contribution in [3.8, 4) is 0 Å². The number of nitrogens with zero attached hydrogens (tertiary/aromatic N) is 2. The van der Waals surface area contributed by atoms with Crippen LogP contribution in [0.3, 0.4) is 0 Å². The first-order valence-electron chi connectivity index (χ1n) is 7.58. The maximum Gasteiger partial charge on any atom is 0.262 e. The Morgan fingerprint density at radius 3 is 2.48 bits per heavy atom. The summed E-state index contributed by atoms with van der Waals surface area (Å²) in [4.78, 5) is 17.1. The summed E-state index contributed by atoms with van der Waals surface area (Å²) in [7, 11) is -2.09. The van der Waals surface area contributed by atoms with Crippen molar-refractivity contribution in [2.45, 2.75) is 11.8 Å². The van der Waals surface area contributed by atoms with E-state index in [9.17, 15) is 13.2 Å². The number of hydrogen-bond acceptors (Lipinski definition) is 4. The monoisotopic (exact) mass is 355 g/mol. The Morgan fingerprint density at radius 1 is 1.08 bits per heavy atom. The highest BCUT2D eigenvalue weighted by Crippen LogP contribution is 2.25. The number of nitrogens with one attached hydrogen (secondary N) is 1. The fourth-order valence-corrected chi connectivity index (χ4v) is 3.76. The Kier molecular flexibility index (Phi) is 4.41. The van der Waals surface area contributed by atoms with E-state index < -0.39 is 10.0 Å². The first kappa shape index (κ1) is 16.9. The van der Waals surface area contributed by atoms with E-state index in [1.165, 1.54) is 11.8 Å². The number of sulfonamides is 1. The number of amides is 1. The third-order valence-electron chi connectivity index (χ3n) is 3.91. The highest BCUT2D eigenvalue weighted by atomic mass is 32.2. The van der Waals surface area contributed by atoms with Crippen molar-refractivity contribution in [1.82, 2.24) is 4.98 Å². The third-order valence-corrected chi connectivity index (χ3v) is 5.35. The van der Waals surface area contributed by atoms with E-state index in [4.69, 9.17) is 0 Å². The molecule has 0 saturated heterocycles. The number of fused-ring (bicyclic) bond motifs is 1. The van der Waals surface area contributed by atoms with Crippen molar-refractivity contribution in [1.29, 1.82) is 0 Å². The van der Waals surface area contributed by atoms with Gasteiger partial charge in [-0.15, -0.1) is 0 Å². The van der Waals surface area contributed by atoms with Crippen LogP contribution in [0.4, 0.5) is 11.4 Å². The molecule has 0 aliphatic rings. The molecule has 1 N–H and O–H groups in total. The Morgan fingerprint density at radius 2 is 1.80 bits per heavy atom. The zero-order chi connectivity index (χ0) is 18.0. The largest absolute Gasteiger partial charge is 0.316 e. The summed E-state index contributed by atoms with van der Waals surface area (Å²) in [5.74, 6) is -0.0994. The van der Waals surface area contributed by atoms with Gasteiger partial charge in [0.25, 0.3) is 10.0 Å². The maximum absolute atomic E-state index is 12.7. The molecule has 0 spiro atoms. The number of benzene rings is 2. The first-order chi connectivity index (χ1) is 11.9. The van der Waals surface area contributed by atoms with Gasteiger partial charge in [-0.05, 0) is 36.4 Å². The fourth-order valence-electron chi connectivity index (χ4n) is 2.47. The topological polar surface area (TPSA) is 79.4 Å². The quantitative estimate of drug-likeness (QED) is 0.780. The molecule has 0 aliphatic heterocycles. The maximum atomic E-state index is 12.7. The fraction of sp³-hybridized carbons (Fsp3) is 0.111. The van der Waals surface area contributed by atoms with Gasteiger partial charge in [-0.25, -0.2) is 8.42 Å². The SMILES string of the molecule is CC(=O)N(C)c1ccc(NS(=O)(=O)c2cccc3cnccc23)cc1. The molecule has 2 aromatic carbocycles. The molecule has 1 amide bonds. The molecule has 0 fully saturated rings. The van der Waals surface area contributed by atoms with E-state index >= 15 is 0 Å². The molecule has 128 valence electrons. The van der Waals surface area contributed by atoms with E-state index in [1.807, 2.05) is 6.07 Å². The Balaban J connectivity index is 1.92. The lowest BCUT2D eigenvalue weighted by Gasteiger charge is -2.16. The van der Waals surface area contributed by atoms with Crippen LogP contribution in [0.15, 0.2) is 65.8 Å². The van der Waals surface area contributed by atoms with Crippen LogP contribution in [-0.2, 0) is 14.8 Å². The van der Waals surface area contributed by atoms with Gasteiger partial charge in [0, 0.05) is 48.5 Å². The molecule has 1 heterocycles. The van der Waals surface area contributed by atoms with Crippen molar-refractivity contribution >= 4 is 38.1 Å². The van der Waals surface area contributed by atoms with Gasteiger partial charge in [0.15, 0.2) is 0 Å². The van der Waals surface area contributed by atoms with Gasteiger partial charge in [0.1, 0.15) is 0 Å². The van der Waals surface area contributed by atoms with Gasteiger partial charge in [-0.3, -0.25) is 14.5 Å².